The zero-order chi connectivity index (χ0) is 14.9. The van der Waals surface area contributed by atoms with E-state index in [9.17, 15) is 0 Å². The molecule has 1 aliphatic rings. The van der Waals surface area contributed by atoms with Crippen LogP contribution in [-0.4, -0.2) is 37.0 Å². The third kappa shape index (κ3) is 5.44. The molecule has 1 aromatic rings. The van der Waals surface area contributed by atoms with Crippen LogP contribution in [0.15, 0.2) is 27.8 Å². The van der Waals surface area contributed by atoms with Crippen molar-refractivity contribution >= 4 is 5.96 Å². The first-order valence-corrected chi connectivity index (χ1v) is 8.35. The summed E-state index contributed by atoms with van der Waals surface area (Å²) in [6.07, 6.45) is 7.60. The number of piperidine rings is 1. The van der Waals surface area contributed by atoms with Crippen molar-refractivity contribution in [1.82, 2.24) is 10.2 Å². The lowest BCUT2D eigenvalue weighted by molar-refractivity contribution is 0.265. The Kier molecular flexibility index (Phi) is 6.64. The Morgan fingerprint density at radius 3 is 3.14 bits per heavy atom. The summed E-state index contributed by atoms with van der Waals surface area (Å²) in [5.41, 5.74) is 0. The fourth-order valence-corrected chi connectivity index (χ4v) is 2.74. The van der Waals surface area contributed by atoms with E-state index >= 15 is 0 Å². The molecular weight excluding hydrogens is 262 g/mol. The molecule has 1 N–H and O–H groups in total. The van der Waals surface area contributed by atoms with Crippen molar-refractivity contribution in [3.05, 3.63) is 24.2 Å². The zero-order valence-electron chi connectivity index (χ0n) is 13.5. The number of unbranched alkanes of at least 4 members (excludes halogenated alkanes) is 1. The molecule has 1 aromatic heterocycles. The highest BCUT2D eigenvalue weighted by Crippen LogP contribution is 2.15. The average Bonchev–Trinajstić information content (AvgIpc) is 2.99. The highest BCUT2D eigenvalue weighted by Gasteiger charge is 2.19. The van der Waals surface area contributed by atoms with Crippen molar-refractivity contribution in [2.75, 3.05) is 26.2 Å². The van der Waals surface area contributed by atoms with Gasteiger partial charge in [-0.3, -0.25) is 4.99 Å². The molecule has 2 rings (SSSR count). The molecule has 1 fully saturated rings. The fourth-order valence-electron chi connectivity index (χ4n) is 2.74. The summed E-state index contributed by atoms with van der Waals surface area (Å²) >= 11 is 0. The van der Waals surface area contributed by atoms with Crippen LogP contribution in [0.1, 0.15) is 45.3 Å². The standard InChI is InChI=1S/C17H29N3O/c1-3-4-10-18-17(20-12-5-7-15(2)14-20)19-11-9-16-8-6-13-21-16/h6,8,13,15H,3-5,7,9-12,14H2,1-2H3,(H,18,19). The van der Waals surface area contributed by atoms with Crippen LogP contribution in [0.4, 0.5) is 0 Å². The Hall–Kier alpha value is -1.45. The lowest BCUT2D eigenvalue weighted by Gasteiger charge is -2.33. The minimum Gasteiger partial charge on any atom is -0.469 e. The maximum atomic E-state index is 5.38. The Morgan fingerprint density at radius 2 is 2.43 bits per heavy atom. The first-order chi connectivity index (χ1) is 10.3. The summed E-state index contributed by atoms with van der Waals surface area (Å²) in [6, 6.07) is 3.97. The summed E-state index contributed by atoms with van der Waals surface area (Å²) in [4.78, 5) is 7.21. The molecular formula is C17H29N3O. The van der Waals surface area contributed by atoms with Gasteiger partial charge in [0, 0.05) is 32.6 Å². The molecule has 1 aliphatic heterocycles. The fraction of sp³-hybridized carbons (Fsp3) is 0.706. The van der Waals surface area contributed by atoms with Crippen LogP contribution in [0.3, 0.4) is 0 Å². The molecule has 0 amide bonds. The van der Waals surface area contributed by atoms with Crippen molar-refractivity contribution in [2.24, 2.45) is 10.9 Å². The molecule has 1 unspecified atom stereocenters. The number of furan rings is 1. The molecule has 0 aromatic carbocycles. The first-order valence-electron chi connectivity index (χ1n) is 8.35. The lowest BCUT2D eigenvalue weighted by Crippen LogP contribution is -2.46. The predicted octanol–water partition coefficient (Wildman–Crippen LogP) is 3.30. The number of guanidine groups is 1. The molecule has 118 valence electrons. The van der Waals surface area contributed by atoms with Crippen LogP contribution in [0.5, 0.6) is 0 Å². The number of likely N-dealkylation sites (tertiary alicyclic amines) is 1. The monoisotopic (exact) mass is 291 g/mol. The van der Waals surface area contributed by atoms with Crippen molar-refractivity contribution in [2.45, 2.75) is 46.0 Å². The van der Waals surface area contributed by atoms with E-state index in [1.807, 2.05) is 12.1 Å². The largest absolute Gasteiger partial charge is 0.469 e. The number of hydrogen-bond donors (Lipinski definition) is 1. The molecule has 4 nitrogen and oxygen atoms in total. The van der Waals surface area contributed by atoms with E-state index in [1.165, 1.54) is 19.3 Å². The van der Waals surface area contributed by atoms with Crippen LogP contribution in [0.2, 0.25) is 0 Å². The molecule has 2 heterocycles. The topological polar surface area (TPSA) is 40.8 Å². The molecule has 1 atom stereocenters. The van der Waals surface area contributed by atoms with Gasteiger partial charge in [-0.25, -0.2) is 0 Å². The van der Waals surface area contributed by atoms with E-state index in [0.717, 1.165) is 56.7 Å². The third-order valence-electron chi connectivity index (χ3n) is 3.96. The molecule has 0 bridgehead atoms. The number of hydrogen-bond acceptors (Lipinski definition) is 2. The predicted molar refractivity (Wildman–Crippen MR) is 87.6 cm³/mol. The van der Waals surface area contributed by atoms with Gasteiger partial charge in [-0.2, -0.15) is 0 Å². The Bertz CT molecular complexity index is 414. The van der Waals surface area contributed by atoms with Gasteiger partial charge in [-0.05, 0) is 37.3 Å². The average molecular weight is 291 g/mol. The second-order valence-corrected chi connectivity index (χ2v) is 6.01. The Morgan fingerprint density at radius 1 is 1.52 bits per heavy atom. The number of aliphatic imine (C=N–C) groups is 1. The quantitative estimate of drug-likeness (QED) is 0.497. The van der Waals surface area contributed by atoms with Gasteiger partial charge < -0.3 is 14.6 Å². The first kappa shape index (κ1) is 15.9. The normalized spacial score (nSPS) is 19.8. The summed E-state index contributed by atoms with van der Waals surface area (Å²) in [7, 11) is 0. The van der Waals surface area contributed by atoms with E-state index in [4.69, 9.17) is 9.41 Å². The summed E-state index contributed by atoms with van der Waals surface area (Å²) in [5.74, 6) is 2.88. The van der Waals surface area contributed by atoms with Gasteiger partial charge in [0.05, 0.1) is 6.26 Å². The van der Waals surface area contributed by atoms with Gasteiger partial charge in [-0.15, -0.1) is 0 Å². The minimum atomic E-state index is 0.766. The van der Waals surface area contributed by atoms with Gasteiger partial charge in [-0.1, -0.05) is 20.3 Å². The molecule has 1 saturated heterocycles. The van der Waals surface area contributed by atoms with E-state index in [0.29, 0.717) is 0 Å². The SMILES string of the molecule is CCCCN=C(NCCc1ccco1)N1CCCC(C)C1. The van der Waals surface area contributed by atoms with E-state index in [-0.39, 0.29) is 0 Å². The third-order valence-corrected chi connectivity index (χ3v) is 3.96. The molecule has 21 heavy (non-hydrogen) atoms. The van der Waals surface area contributed by atoms with E-state index in [1.54, 1.807) is 6.26 Å². The molecule has 0 spiro atoms. The van der Waals surface area contributed by atoms with E-state index in [2.05, 4.69) is 24.1 Å². The van der Waals surface area contributed by atoms with Crippen molar-refractivity contribution in [3.8, 4) is 0 Å². The van der Waals surface area contributed by atoms with Crippen molar-refractivity contribution in [3.63, 3.8) is 0 Å². The maximum Gasteiger partial charge on any atom is 0.193 e. The Labute approximate surface area is 128 Å². The number of nitrogens with zero attached hydrogens (tertiary/aromatic N) is 2. The molecule has 0 radical (unpaired) electrons. The number of rotatable bonds is 6. The second-order valence-electron chi connectivity index (χ2n) is 6.01. The molecule has 4 heteroatoms. The maximum absolute atomic E-state index is 5.38. The van der Waals surface area contributed by atoms with Crippen LogP contribution < -0.4 is 5.32 Å². The van der Waals surface area contributed by atoms with Crippen LogP contribution in [0.25, 0.3) is 0 Å². The molecule has 0 aliphatic carbocycles. The van der Waals surface area contributed by atoms with Gasteiger partial charge in [0.25, 0.3) is 0 Å². The van der Waals surface area contributed by atoms with Gasteiger partial charge in [0.1, 0.15) is 5.76 Å². The highest BCUT2D eigenvalue weighted by molar-refractivity contribution is 5.80. The summed E-state index contributed by atoms with van der Waals surface area (Å²) in [5, 5.41) is 3.52. The molecule has 0 saturated carbocycles. The van der Waals surface area contributed by atoms with Gasteiger partial charge in [0.15, 0.2) is 5.96 Å². The summed E-state index contributed by atoms with van der Waals surface area (Å²) < 4.78 is 5.38. The van der Waals surface area contributed by atoms with Crippen LogP contribution in [-0.2, 0) is 6.42 Å². The Balaban J connectivity index is 1.86. The smallest absolute Gasteiger partial charge is 0.193 e. The summed E-state index contributed by atoms with van der Waals surface area (Å²) in [6.45, 7) is 8.59. The lowest BCUT2D eigenvalue weighted by atomic mass is 10.0. The van der Waals surface area contributed by atoms with Gasteiger partial charge in [0.2, 0.25) is 0 Å². The second kappa shape index (κ2) is 8.75. The van der Waals surface area contributed by atoms with Crippen LogP contribution >= 0.6 is 0 Å². The van der Waals surface area contributed by atoms with Crippen molar-refractivity contribution < 1.29 is 4.42 Å². The van der Waals surface area contributed by atoms with Crippen molar-refractivity contribution in [1.29, 1.82) is 0 Å². The number of nitrogens with one attached hydrogen (secondary N) is 1. The minimum absolute atomic E-state index is 0.766. The highest BCUT2D eigenvalue weighted by atomic mass is 16.3. The van der Waals surface area contributed by atoms with Crippen LogP contribution in [0, 0.1) is 5.92 Å². The van der Waals surface area contributed by atoms with Gasteiger partial charge >= 0.3 is 0 Å². The zero-order valence-corrected chi connectivity index (χ0v) is 13.5. The van der Waals surface area contributed by atoms with E-state index < -0.39 is 0 Å².